The number of amides is 1. The average Bonchev–Trinajstić information content (AvgIpc) is 2.26. The Morgan fingerprint density at radius 2 is 1.94 bits per heavy atom. The van der Waals surface area contributed by atoms with Gasteiger partial charge < -0.3 is 10.0 Å². The van der Waals surface area contributed by atoms with E-state index in [-0.39, 0.29) is 17.7 Å². The van der Waals surface area contributed by atoms with Crippen molar-refractivity contribution in [2.24, 2.45) is 5.92 Å². The van der Waals surface area contributed by atoms with Crippen molar-refractivity contribution < 1.29 is 9.90 Å². The van der Waals surface area contributed by atoms with Crippen LogP contribution in [-0.4, -0.2) is 29.0 Å². The third kappa shape index (κ3) is 3.22. The zero-order chi connectivity index (χ0) is 13.2. The SMILES string of the molecule is CC(C)C(C)N(C)C(=O)c1ccc(Br)cc1O. The minimum atomic E-state index is -0.156. The molecule has 0 aliphatic carbocycles. The second kappa shape index (κ2) is 5.54. The normalized spacial score (nSPS) is 12.6. The first kappa shape index (κ1) is 14.0. The second-order valence-corrected chi connectivity index (χ2v) is 5.48. The van der Waals surface area contributed by atoms with Crippen molar-refractivity contribution in [3.05, 3.63) is 28.2 Å². The maximum Gasteiger partial charge on any atom is 0.257 e. The Morgan fingerprint density at radius 1 is 1.35 bits per heavy atom. The van der Waals surface area contributed by atoms with Gasteiger partial charge in [0.25, 0.3) is 5.91 Å². The number of carbonyl (C=O) groups excluding carboxylic acids is 1. The summed E-state index contributed by atoms with van der Waals surface area (Å²) in [6.45, 7) is 6.13. The Hall–Kier alpha value is -1.03. The average molecular weight is 300 g/mol. The summed E-state index contributed by atoms with van der Waals surface area (Å²) in [5.74, 6) is 0.227. The molecule has 1 amide bonds. The predicted molar refractivity (Wildman–Crippen MR) is 72.2 cm³/mol. The molecule has 0 radical (unpaired) electrons. The third-order valence-corrected chi connectivity index (χ3v) is 3.58. The van der Waals surface area contributed by atoms with Crippen LogP contribution in [0.15, 0.2) is 22.7 Å². The molecule has 94 valence electrons. The fourth-order valence-electron chi connectivity index (χ4n) is 1.51. The van der Waals surface area contributed by atoms with E-state index in [0.29, 0.717) is 11.5 Å². The number of hydrogen-bond acceptors (Lipinski definition) is 2. The number of aromatic hydroxyl groups is 1. The molecule has 0 fully saturated rings. The number of phenols is 1. The van der Waals surface area contributed by atoms with E-state index in [9.17, 15) is 9.90 Å². The lowest BCUT2D eigenvalue weighted by atomic mass is 10.0. The van der Waals surface area contributed by atoms with Gasteiger partial charge in [0.05, 0.1) is 5.56 Å². The van der Waals surface area contributed by atoms with Gasteiger partial charge in [-0.25, -0.2) is 0 Å². The Balaban J connectivity index is 2.96. The highest BCUT2D eigenvalue weighted by molar-refractivity contribution is 9.10. The van der Waals surface area contributed by atoms with Gasteiger partial charge in [-0.3, -0.25) is 4.79 Å². The van der Waals surface area contributed by atoms with Gasteiger partial charge in [0.1, 0.15) is 5.75 Å². The van der Waals surface area contributed by atoms with Crippen LogP contribution in [0.1, 0.15) is 31.1 Å². The second-order valence-electron chi connectivity index (χ2n) is 4.56. The Bertz CT molecular complexity index is 418. The number of carbonyl (C=O) groups is 1. The standard InChI is InChI=1S/C13H18BrNO2/c1-8(2)9(3)15(4)13(17)11-6-5-10(14)7-12(11)16/h5-9,16H,1-4H3. The zero-order valence-electron chi connectivity index (χ0n) is 10.6. The smallest absolute Gasteiger partial charge is 0.257 e. The van der Waals surface area contributed by atoms with Crippen molar-refractivity contribution >= 4 is 21.8 Å². The molecule has 4 heteroatoms. The Morgan fingerprint density at radius 3 is 2.41 bits per heavy atom. The highest BCUT2D eigenvalue weighted by Gasteiger charge is 2.21. The van der Waals surface area contributed by atoms with Crippen molar-refractivity contribution in [3.63, 3.8) is 0 Å². The largest absolute Gasteiger partial charge is 0.507 e. The summed E-state index contributed by atoms with van der Waals surface area (Å²) in [4.78, 5) is 13.8. The van der Waals surface area contributed by atoms with Gasteiger partial charge in [-0.2, -0.15) is 0 Å². The number of nitrogens with zero attached hydrogens (tertiary/aromatic N) is 1. The van der Waals surface area contributed by atoms with Gasteiger partial charge in [0.2, 0.25) is 0 Å². The molecular formula is C13H18BrNO2. The number of rotatable bonds is 3. The van der Waals surface area contributed by atoms with Gasteiger partial charge in [0.15, 0.2) is 0 Å². The van der Waals surface area contributed by atoms with Crippen molar-refractivity contribution in [1.82, 2.24) is 4.90 Å². The lowest BCUT2D eigenvalue weighted by molar-refractivity contribution is 0.0704. The van der Waals surface area contributed by atoms with Crippen LogP contribution < -0.4 is 0 Å². The van der Waals surface area contributed by atoms with E-state index in [0.717, 1.165) is 4.47 Å². The number of hydrogen-bond donors (Lipinski definition) is 1. The summed E-state index contributed by atoms with van der Waals surface area (Å²) < 4.78 is 0.756. The summed E-state index contributed by atoms with van der Waals surface area (Å²) >= 11 is 3.25. The Labute approximate surface area is 111 Å². The maximum absolute atomic E-state index is 12.2. The lowest BCUT2D eigenvalue weighted by Gasteiger charge is -2.28. The van der Waals surface area contributed by atoms with Gasteiger partial charge in [0, 0.05) is 17.6 Å². The first-order chi connectivity index (χ1) is 7.84. The number of halogens is 1. The topological polar surface area (TPSA) is 40.5 Å². The van der Waals surface area contributed by atoms with E-state index >= 15 is 0 Å². The van der Waals surface area contributed by atoms with E-state index in [1.807, 2.05) is 6.92 Å². The van der Waals surface area contributed by atoms with Gasteiger partial charge in [-0.15, -0.1) is 0 Å². The van der Waals surface area contributed by atoms with E-state index in [1.165, 1.54) is 6.07 Å². The van der Waals surface area contributed by atoms with Crippen molar-refractivity contribution in [1.29, 1.82) is 0 Å². The van der Waals surface area contributed by atoms with Crippen molar-refractivity contribution in [3.8, 4) is 5.75 Å². The molecule has 3 nitrogen and oxygen atoms in total. The highest BCUT2D eigenvalue weighted by Crippen LogP contribution is 2.24. The summed E-state index contributed by atoms with van der Waals surface area (Å²) in [5.41, 5.74) is 0.336. The van der Waals surface area contributed by atoms with E-state index in [1.54, 1.807) is 24.1 Å². The molecule has 1 atom stereocenters. The molecule has 0 aliphatic heterocycles. The fourth-order valence-corrected chi connectivity index (χ4v) is 1.86. The maximum atomic E-state index is 12.2. The molecule has 1 rings (SSSR count). The molecule has 17 heavy (non-hydrogen) atoms. The van der Waals surface area contributed by atoms with E-state index < -0.39 is 0 Å². The number of phenolic OH excluding ortho intramolecular Hbond substituents is 1. The van der Waals surface area contributed by atoms with E-state index in [2.05, 4.69) is 29.8 Å². The van der Waals surface area contributed by atoms with Crippen LogP contribution in [0.2, 0.25) is 0 Å². The molecule has 0 aliphatic rings. The molecule has 0 heterocycles. The summed E-state index contributed by atoms with van der Waals surface area (Å²) in [5, 5.41) is 9.75. The minimum Gasteiger partial charge on any atom is -0.507 e. The summed E-state index contributed by atoms with van der Waals surface area (Å²) in [6.07, 6.45) is 0. The van der Waals surface area contributed by atoms with Crippen LogP contribution in [0, 0.1) is 5.92 Å². The monoisotopic (exact) mass is 299 g/mol. The highest BCUT2D eigenvalue weighted by atomic mass is 79.9. The molecule has 1 aromatic carbocycles. The van der Waals surface area contributed by atoms with Gasteiger partial charge in [-0.1, -0.05) is 29.8 Å². The van der Waals surface area contributed by atoms with E-state index in [4.69, 9.17) is 0 Å². The van der Waals surface area contributed by atoms with Gasteiger partial charge >= 0.3 is 0 Å². The van der Waals surface area contributed by atoms with Crippen LogP contribution in [-0.2, 0) is 0 Å². The van der Waals surface area contributed by atoms with Crippen molar-refractivity contribution in [2.75, 3.05) is 7.05 Å². The molecule has 0 spiro atoms. The summed E-state index contributed by atoms with van der Waals surface area (Å²) in [6, 6.07) is 5.04. The van der Waals surface area contributed by atoms with Crippen LogP contribution in [0.3, 0.4) is 0 Å². The quantitative estimate of drug-likeness (QED) is 0.930. The molecule has 1 N–H and O–H groups in total. The summed E-state index contributed by atoms with van der Waals surface area (Å²) in [7, 11) is 1.76. The molecule has 0 aromatic heterocycles. The fraction of sp³-hybridized carbons (Fsp3) is 0.462. The Kier molecular flexibility index (Phi) is 4.57. The van der Waals surface area contributed by atoms with Crippen LogP contribution in [0.5, 0.6) is 5.75 Å². The molecule has 0 bridgehead atoms. The first-order valence-electron chi connectivity index (χ1n) is 5.60. The van der Waals surface area contributed by atoms with Crippen molar-refractivity contribution in [2.45, 2.75) is 26.8 Å². The van der Waals surface area contributed by atoms with Crippen LogP contribution in [0.4, 0.5) is 0 Å². The molecular weight excluding hydrogens is 282 g/mol. The van der Waals surface area contributed by atoms with Crippen LogP contribution in [0.25, 0.3) is 0 Å². The molecule has 1 unspecified atom stereocenters. The predicted octanol–water partition coefficient (Wildman–Crippen LogP) is 3.27. The molecule has 0 saturated carbocycles. The molecule has 1 aromatic rings. The minimum absolute atomic E-state index is 0.00665. The zero-order valence-corrected chi connectivity index (χ0v) is 12.2. The molecule has 0 saturated heterocycles. The van der Waals surface area contributed by atoms with Gasteiger partial charge in [-0.05, 0) is 31.0 Å². The number of benzene rings is 1. The first-order valence-corrected chi connectivity index (χ1v) is 6.39. The third-order valence-electron chi connectivity index (χ3n) is 3.09. The van der Waals surface area contributed by atoms with Crippen LogP contribution >= 0.6 is 15.9 Å². The lowest BCUT2D eigenvalue weighted by Crippen LogP contribution is -2.38.